The standard InChI is InChI=1S/C26H33Cl2N3O4S/c1-4-19-10-5-8-15-24(19)31(36(3,34)35)17-25(32)30(16-21-22(27)13-9-14-23(21)28)18(2)26(33)29-20-11-6-7-12-20/h5,8-10,13-15,18,20H,4,6-7,11-12,16-17H2,1-3H3,(H,29,33)/t18-/m0/s1. The number of anilines is 1. The maximum atomic E-state index is 13.7. The first-order valence-corrected chi connectivity index (χ1v) is 14.7. The SMILES string of the molecule is CCc1ccccc1N(CC(=O)N(Cc1c(Cl)cccc1Cl)[C@@H](C)C(=O)NC1CCCC1)S(C)(=O)=O. The summed E-state index contributed by atoms with van der Waals surface area (Å²) in [6, 6.07) is 11.3. The topological polar surface area (TPSA) is 86.8 Å². The number of halogens is 2. The number of carbonyl (C=O) groups excluding carboxylic acids is 2. The van der Waals surface area contributed by atoms with E-state index in [1.807, 2.05) is 19.1 Å². The third-order valence-electron chi connectivity index (χ3n) is 6.58. The van der Waals surface area contributed by atoms with Gasteiger partial charge in [-0.1, -0.05) is 67.2 Å². The largest absolute Gasteiger partial charge is 0.352 e. The highest BCUT2D eigenvalue weighted by molar-refractivity contribution is 7.92. The Kier molecular flexibility index (Phi) is 9.66. The fourth-order valence-electron chi connectivity index (χ4n) is 4.48. The van der Waals surface area contributed by atoms with Crippen LogP contribution in [-0.2, 0) is 32.6 Å². The molecule has 0 aromatic heterocycles. The zero-order chi connectivity index (χ0) is 26.5. The van der Waals surface area contributed by atoms with Crippen molar-refractivity contribution in [1.82, 2.24) is 10.2 Å². The Hall–Kier alpha value is -2.29. The third-order valence-corrected chi connectivity index (χ3v) is 8.41. The molecular formula is C26H33Cl2N3O4S. The second-order valence-electron chi connectivity index (χ2n) is 9.14. The van der Waals surface area contributed by atoms with Crippen LogP contribution >= 0.6 is 23.2 Å². The second kappa shape index (κ2) is 12.3. The van der Waals surface area contributed by atoms with Gasteiger partial charge in [-0.25, -0.2) is 8.42 Å². The van der Waals surface area contributed by atoms with E-state index >= 15 is 0 Å². The van der Waals surface area contributed by atoms with E-state index in [-0.39, 0.29) is 18.5 Å². The van der Waals surface area contributed by atoms with Gasteiger partial charge in [-0.2, -0.15) is 0 Å². The number of hydrogen-bond acceptors (Lipinski definition) is 4. The Balaban J connectivity index is 1.95. The number of benzene rings is 2. The molecule has 2 amide bonds. The van der Waals surface area contributed by atoms with E-state index in [2.05, 4.69) is 5.32 Å². The summed E-state index contributed by atoms with van der Waals surface area (Å²) in [5.74, 6) is -0.824. The van der Waals surface area contributed by atoms with Crippen LogP contribution in [0.4, 0.5) is 5.69 Å². The van der Waals surface area contributed by atoms with Crippen LogP contribution in [0.1, 0.15) is 50.7 Å². The Labute approximate surface area is 223 Å². The molecule has 0 radical (unpaired) electrons. The van der Waals surface area contributed by atoms with Crippen molar-refractivity contribution >= 4 is 50.7 Å². The summed E-state index contributed by atoms with van der Waals surface area (Å²) in [5.41, 5.74) is 1.73. The van der Waals surface area contributed by atoms with Crippen LogP contribution in [0.2, 0.25) is 10.0 Å². The summed E-state index contributed by atoms with van der Waals surface area (Å²) >= 11 is 12.8. The number of sulfonamides is 1. The number of nitrogens with zero attached hydrogens (tertiary/aromatic N) is 2. The van der Waals surface area contributed by atoms with Crippen molar-refractivity contribution in [2.24, 2.45) is 0 Å². The van der Waals surface area contributed by atoms with Crippen LogP contribution in [0, 0.1) is 0 Å². The molecule has 1 atom stereocenters. The lowest BCUT2D eigenvalue weighted by atomic mass is 10.1. The van der Waals surface area contributed by atoms with Crippen LogP contribution in [0.3, 0.4) is 0 Å². The van der Waals surface area contributed by atoms with Gasteiger partial charge in [-0.3, -0.25) is 13.9 Å². The molecule has 2 aromatic carbocycles. The summed E-state index contributed by atoms with van der Waals surface area (Å²) in [6.45, 7) is 3.06. The maximum absolute atomic E-state index is 13.7. The molecule has 3 rings (SSSR count). The minimum Gasteiger partial charge on any atom is -0.352 e. The minimum absolute atomic E-state index is 0.0381. The summed E-state index contributed by atoms with van der Waals surface area (Å²) < 4.78 is 26.7. The lowest BCUT2D eigenvalue weighted by Gasteiger charge is -2.33. The van der Waals surface area contributed by atoms with Crippen molar-refractivity contribution in [3.05, 3.63) is 63.6 Å². The number of amides is 2. The molecule has 196 valence electrons. The van der Waals surface area contributed by atoms with Gasteiger partial charge in [0.25, 0.3) is 0 Å². The number of rotatable bonds is 10. The van der Waals surface area contributed by atoms with Crippen LogP contribution in [0.25, 0.3) is 0 Å². The zero-order valence-electron chi connectivity index (χ0n) is 20.8. The van der Waals surface area contributed by atoms with Gasteiger partial charge in [0, 0.05) is 28.2 Å². The Morgan fingerprint density at radius 3 is 2.25 bits per heavy atom. The molecule has 36 heavy (non-hydrogen) atoms. The number of nitrogens with one attached hydrogen (secondary N) is 1. The van der Waals surface area contributed by atoms with Gasteiger partial charge in [0.15, 0.2) is 0 Å². The lowest BCUT2D eigenvalue weighted by molar-refractivity contribution is -0.139. The lowest BCUT2D eigenvalue weighted by Crippen LogP contribution is -2.52. The van der Waals surface area contributed by atoms with E-state index in [4.69, 9.17) is 23.2 Å². The summed E-state index contributed by atoms with van der Waals surface area (Å²) in [6.07, 6.45) is 5.57. The number of carbonyl (C=O) groups is 2. The molecule has 7 nitrogen and oxygen atoms in total. The van der Waals surface area contributed by atoms with E-state index in [0.29, 0.717) is 27.7 Å². The molecule has 1 saturated carbocycles. The Morgan fingerprint density at radius 2 is 1.67 bits per heavy atom. The average Bonchev–Trinajstić information content (AvgIpc) is 3.34. The molecule has 0 aliphatic heterocycles. The molecule has 0 saturated heterocycles. The zero-order valence-corrected chi connectivity index (χ0v) is 23.2. The molecule has 0 unspecified atom stereocenters. The molecule has 10 heteroatoms. The van der Waals surface area contributed by atoms with Crippen molar-refractivity contribution in [2.45, 2.75) is 64.6 Å². The van der Waals surface area contributed by atoms with E-state index in [0.717, 1.165) is 41.8 Å². The molecule has 1 aliphatic carbocycles. The Bertz CT molecular complexity index is 1180. The number of hydrogen-bond donors (Lipinski definition) is 1. The van der Waals surface area contributed by atoms with Gasteiger partial charge < -0.3 is 10.2 Å². The fraction of sp³-hybridized carbons (Fsp3) is 0.462. The van der Waals surface area contributed by atoms with Crippen LogP contribution in [0.5, 0.6) is 0 Å². The van der Waals surface area contributed by atoms with E-state index in [1.54, 1.807) is 37.3 Å². The molecular weight excluding hydrogens is 521 g/mol. The predicted molar refractivity (Wildman–Crippen MR) is 145 cm³/mol. The molecule has 2 aromatic rings. The quantitative estimate of drug-likeness (QED) is 0.457. The molecule has 1 aliphatic rings. The smallest absolute Gasteiger partial charge is 0.244 e. The summed E-state index contributed by atoms with van der Waals surface area (Å²) in [5, 5.41) is 3.75. The van der Waals surface area contributed by atoms with Crippen molar-refractivity contribution in [3.63, 3.8) is 0 Å². The van der Waals surface area contributed by atoms with E-state index < -0.39 is 28.5 Å². The average molecular weight is 555 g/mol. The van der Waals surface area contributed by atoms with Crippen LogP contribution in [-0.4, -0.2) is 50.0 Å². The predicted octanol–water partition coefficient (Wildman–Crippen LogP) is 4.80. The van der Waals surface area contributed by atoms with Gasteiger partial charge in [-0.05, 0) is 49.9 Å². The first kappa shape index (κ1) is 28.3. The third kappa shape index (κ3) is 6.93. The number of aryl methyl sites for hydroxylation is 1. The minimum atomic E-state index is -3.80. The van der Waals surface area contributed by atoms with Gasteiger partial charge in [0.05, 0.1) is 11.9 Å². The summed E-state index contributed by atoms with van der Waals surface area (Å²) in [4.78, 5) is 28.2. The van der Waals surface area contributed by atoms with Crippen molar-refractivity contribution in [3.8, 4) is 0 Å². The first-order valence-electron chi connectivity index (χ1n) is 12.1. The van der Waals surface area contributed by atoms with Gasteiger partial charge in [0.1, 0.15) is 12.6 Å². The normalized spacial score (nSPS) is 14.9. The molecule has 0 heterocycles. The second-order valence-corrected chi connectivity index (χ2v) is 11.9. The molecule has 1 fully saturated rings. The van der Waals surface area contributed by atoms with E-state index in [9.17, 15) is 18.0 Å². The highest BCUT2D eigenvalue weighted by Gasteiger charge is 2.32. The highest BCUT2D eigenvalue weighted by Crippen LogP contribution is 2.28. The van der Waals surface area contributed by atoms with Gasteiger partial charge >= 0.3 is 0 Å². The van der Waals surface area contributed by atoms with Crippen LogP contribution in [0.15, 0.2) is 42.5 Å². The monoisotopic (exact) mass is 553 g/mol. The van der Waals surface area contributed by atoms with Gasteiger partial charge in [0.2, 0.25) is 21.8 Å². The van der Waals surface area contributed by atoms with Gasteiger partial charge in [-0.15, -0.1) is 0 Å². The molecule has 1 N–H and O–H groups in total. The fourth-order valence-corrected chi connectivity index (χ4v) is 5.87. The summed E-state index contributed by atoms with van der Waals surface area (Å²) in [7, 11) is -3.80. The van der Waals surface area contributed by atoms with E-state index in [1.165, 1.54) is 4.90 Å². The molecule has 0 spiro atoms. The highest BCUT2D eigenvalue weighted by atomic mass is 35.5. The van der Waals surface area contributed by atoms with Crippen molar-refractivity contribution in [2.75, 3.05) is 17.1 Å². The van der Waals surface area contributed by atoms with Crippen molar-refractivity contribution in [1.29, 1.82) is 0 Å². The van der Waals surface area contributed by atoms with Crippen molar-refractivity contribution < 1.29 is 18.0 Å². The number of para-hydroxylation sites is 1. The van der Waals surface area contributed by atoms with Crippen LogP contribution < -0.4 is 9.62 Å². The Morgan fingerprint density at radius 1 is 1.06 bits per heavy atom. The molecule has 0 bridgehead atoms. The first-order chi connectivity index (χ1) is 17.0. The maximum Gasteiger partial charge on any atom is 0.244 e.